The Kier molecular flexibility index (Phi) is 3.27. The zero-order chi connectivity index (χ0) is 9.46. The Morgan fingerprint density at radius 3 is 0.538 bits per heavy atom. The van der Waals surface area contributed by atoms with Gasteiger partial charge in [-0.25, -0.2) is 26.3 Å². The van der Waals surface area contributed by atoms with Gasteiger partial charge in [0.1, 0.15) is 0 Å². The molecule has 1 aromatic carbocycles. The minimum absolute atomic E-state index is 0. The molecule has 0 N–H and O–H groups in total. The van der Waals surface area contributed by atoms with Gasteiger partial charge < -0.3 is 0 Å². The van der Waals surface area contributed by atoms with Crippen LogP contribution in [-0.4, -0.2) is 0 Å². The predicted octanol–water partition coefficient (Wildman–Crippen LogP) is 2.67. The van der Waals surface area contributed by atoms with Crippen molar-refractivity contribution in [1.82, 2.24) is 0 Å². The van der Waals surface area contributed by atoms with Gasteiger partial charge in [0.05, 0.1) is 0 Å². The zero-order valence-corrected chi connectivity index (χ0v) is 5.68. The van der Waals surface area contributed by atoms with Crippen molar-refractivity contribution in [2.24, 2.45) is 0 Å². The Labute approximate surface area is 67.2 Å². The molecular formula is C6HF7. The molecule has 13 heavy (non-hydrogen) atoms. The van der Waals surface area contributed by atoms with Gasteiger partial charge in [-0.15, -0.1) is 0 Å². The van der Waals surface area contributed by atoms with Crippen molar-refractivity contribution in [3.05, 3.63) is 34.9 Å². The minimum Gasteiger partial charge on any atom is -0.269 e. The molecule has 0 spiro atoms. The monoisotopic (exact) mass is 206 g/mol. The first-order valence-electron chi connectivity index (χ1n) is 2.63. The van der Waals surface area contributed by atoms with Gasteiger partial charge in [0.15, 0.2) is 0 Å². The molecule has 0 nitrogen and oxygen atoms in total. The first-order chi connectivity index (χ1) is 5.46. The second-order valence-corrected chi connectivity index (χ2v) is 1.88. The standard InChI is InChI=1S/C6F6.FH/c7-1-2(8)4(10)6(12)5(11)3(1)9;/h;1H. The molecule has 0 aromatic heterocycles. The van der Waals surface area contributed by atoms with Crippen molar-refractivity contribution in [2.75, 3.05) is 0 Å². The highest BCUT2D eigenvalue weighted by Gasteiger charge is 2.25. The van der Waals surface area contributed by atoms with E-state index in [1.54, 1.807) is 0 Å². The van der Waals surface area contributed by atoms with Gasteiger partial charge in [-0.2, -0.15) is 0 Å². The van der Waals surface area contributed by atoms with E-state index < -0.39 is 34.9 Å². The van der Waals surface area contributed by atoms with E-state index in [0.29, 0.717) is 0 Å². The summed E-state index contributed by atoms with van der Waals surface area (Å²) >= 11 is 0. The third kappa shape index (κ3) is 1.58. The lowest BCUT2D eigenvalue weighted by Gasteiger charge is -1.99. The topological polar surface area (TPSA) is 0 Å². The Balaban J connectivity index is 0.00000144. The van der Waals surface area contributed by atoms with Crippen LogP contribution < -0.4 is 0 Å². The summed E-state index contributed by atoms with van der Waals surface area (Å²) in [6.07, 6.45) is 0. The Morgan fingerprint density at radius 1 is 0.385 bits per heavy atom. The second kappa shape index (κ2) is 3.63. The summed E-state index contributed by atoms with van der Waals surface area (Å²) in [5.41, 5.74) is 0. The second-order valence-electron chi connectivity index (χ2n) is 1.88. The highest BCUT2D eigenvalue weighted by atomic mass is 19.2. The van der Waals surface area contributed by atoms with E-state index >= 15 is 0 Å². The zero-order valence-electron chi connectivity index (χ0n) is 5.68. The van der Waals surface area contributed by atoms with Crippen LogP contribution in [-0.2, 0) is 0 Å². The van der Waals surface area contributed by atoms with E-state index in [4.69, 9.17) is 0 Å². The molecule has 0 radical (unpaired) electrons. The summed E-state index contributed by atoms with van der Waals surface area (Å²) < 4.78 is 72.2. The molecule has 0 atom stereocenters. The molecular weight excluding hydrogens is 205 g/mol. The number of hydrogen-bond donors (Lipinski definition) is 0. The summed E-state index contributed by atoms with van der Waals surface area (Å²) in [6.45, 7) is 0. The Hall–Kier alpha value is -1.27. The molecule has 1 rings (SSSR count). The molecule has 0 heterocycles. The summed E-state index contributed by atoms with van der Waals surface area (Å²) in [6, 6.07) is 0. The molecule has 0 saturated carbocycles. The molecule has 0 bridgehead atoms. The fourth-order valence-electron chi connectivity index (χ4n) is 0.578. The van der Waals surface area contributed by atoms with Crippen molar-refractivity contribution in [3.63, 3.8) is 0 Å². The predicted molar refractivity (Wildman–Crippen MR) is 28.7 cm³/mol. The molecule has 0 aliphatic heterocycles. The van der Waals surface area contributed by atoms with Crippen LogP contribution in [0.4, 0.5) is 31.0 Å². The van der Waals surface area contributed by atoms with Crippen LogP contribution in [0.25, 0.3) is 0 Å². The fourth-order valence-corrected chi connectivity index (χ4v) is 0.578. The summed E-state index contributed by atoms with van der Waals surface area (Å²) in [5.74, 6) is -14.2. The highest BCUT2D eigenvalue weighted by molar-refractivity contribution is 5.14. The van der Waals surface area contributed by atoms with Gasteiger partial charge in [-0.1, -0.05) is 0 Å². The highest BCUT2D eigenvalue weighted by Crippen LogP contribution is 2.20. The lowest BCUT2D eigenvalue weighted by molar-refractivity contribution is 0.334. The maximum atomic E-state index is 12.0. The van der Waals surface area contributed by atoms with Crippen molar-refractivity contribution < 1.29 is 31.0 Å². The first-order valence-corrected chi connectivity index (χ1v) is 2.63. The molecule has 0 saturated heterocycles. The van der Waals surface area contributed by atoms with Crippen molar-refractivity contribution in [2.45, 2.75) is 0 Å². The van der Waals surface area contributed by atoms with Gasteiger partial charge >= 0.3 is 0 Å². The van der Waals surface area contributed by atoms with Crippen LogP contribution in [0.5, 0.6) is 0 Å². The van der Waals surface area contributed by atoms with Crippen LogP contribution in [0.1, 0.15) is 0 Å². The maximum absolute atomic E-state index is 12.0. The Bertz CT molecular complexity index is 227. The van der Waals surface area contributed by atoms with E-state index in [9.17, 15) is 26.3 Å². The average Bonchev–Trinajstić information content (AvgIpc) is 2.08. The van der Waals surface area contributed by atoms with Gasteiger partial charge in [-0.3, -0.25) is 4.70 Å². The third-order valence-corrected chi connectivity index (χ3v) is 1.16. The lowest BCUT2D eigenvalue weighted by atomic mass is 10.3. The van der Waals surface area contributed by atoms with E-state index in [2.05, 4.69) is 0 Å². The number of hydrogen-bond acceptors (Lipinski definition) is 0. The molecule has 0 aliphatic carbocycles. The third-order valence-electron chi connectivity index (χ3n) is 1.16. The summed E-state index contributed by atoms with van der Waals surface area (Å²) in [7, 11) is 0. The SMILES string of the molecule is F.Fc1c(F)c(F)c(F)c(F)c1F. The lowest BCUT2D eigenvalue weighted by Crippen LogP contribution is -2.04. The molecule has 74 valence electrons. The van der Waals surface area contributed by atoms with Gasteiger partial charge in [0.25, 0.3) is 0 Å². The fraction of sp³-hybridized carbons (Fsp3) is 0. The van der Waals surface area contributed by atoms with Crippen molar-refractivity contribution >= 4 is 0 Å². The van der Waals surface area contributed by atoms with Crippen LogP contribution in [0.3, 0.4) is 0 Å². The van der Waals surface area contributed by atoms with Gasteiger partial charge in [-0.05, 0) is 0 Å². The molecule has 0 unspecified atom stereocenters. The molecule has 0 amide bonds. The number of halogens is 7. The molecule has 1 aromatic rings. The smallest absolute Gasteiger partial charge is 0.200 e. The van der Waals surface area contributed by atoms with E-state index in [-0.39, 0.29) is 4.70 Å². The van der Waals surface area contributed by atoms with E-state index in [1.165, 1.54) is 0 Å². The summed E-state index contributed by atoms with van der Waals surface area (Å²) in [4.78, 5) is 0. The van der Waals surface area contributed by atoms with Crippen LogP contribution in [0.2, 0.25) is 0 Å². The molecule has 7 heteroatoms. The average molecular weight is 206 g/mol. The van der Waals surface area contributed by atoms with E-state index in [0.717, 1.165) is 0 Å². The molecule has 0 fully saturated rings. The first kappa shape index (κ1) is 11.7. The normalized spacial score (nSPS) is 9.69. The van der Waals surface area contributed by atoms with E-state index in [1.807, 2.05) is 0 Å². The van der Waals surface area contributed by atoms with Crippen molar-refractivity contribution in [1.29, 1.82) is 0 Å². The van der Waals surface area contributed by atoms with Crippen LogP contribution in [0, 0.1) is 34.9 Å². The van der Waals surface area contributed by atoms with Crippen molar-refractivity contribution in [3.8, 4) is 0 Å². The van der Waals surface area contributed by atoms with Gasteiger partial charge in [0.2, 0.25) is 34.9 Å². The van der Waals surface area contributed by atoms with Gasteiger partial charge in [0, 0.05) is 0 Å². The van der Waals surface area contributed by atoms with Crippen LogP contribution >= 0.6 is 0 Å². The quantitative estimate of drug-likeness (QED) is 0.347. The summed E-state index contributed by atoms with van der Waals surface area (Å²) in [5, 5.41) is 0. The number of rotatable bonds is 0. The minimum atomic E-state index is -2.37. The largest absolute Gasteiger partial charge is 0.269 e. The molecule has 0 aliphatic rings. The van der Waals surface area contributed by atoms with Crippen LogP contribution in [0.15, 0.2) is 0 Å². The maximum Gasteiger partial charge on any atom is 0.200 e. The number of benzene rings is 1. The Morgan fingerprint density at radius 2 is 0.462 bits per heavy atom.